The van der Waals surface area contributed by atoms with Crippen LogP contribution in [0.25, 0.3) is 0 Å². The quantitative estimate of drug-likeness (QED) is 0.779. The van der Waals surface area contributed by atoms with Gasteiger partial charge < -0.3 is 9.47 Å². The standard InChI is InChI=1S/C15H14BrFO2/c1-18-13-7-6-11(9-14(13)19-2)15(16)10-4-3-5-12(17)8-10/h3-9,15H,1-2H3. The van der Waals surface area contributed by atoms with E-state index in [4.69, 9.17) is 9.47 Å². The molecule has 2 aromatic rings. The lowest BCUT2D eigenvalue weighted by Gasteiger charge is -2.14. The lowest BCUT2D eigenvalue weighted by Crippen LogP contribution is -1.96. The van der Waals surface area contributed by atoms with Crippen LogP contribution in [-0.4, -0.2) is 14.2 Å². The van der Waals surface area contributed by atoms with Gasteiger partial charge >= 0.3 is 0 Å². The van der Waals surface area contributed by atoms with Gasteiger partial charge in [0.05, 0.1) is 19.0 Å². The molecule has 0 saturated heterocycles. The van der Waals surface area contributed by atoms with Gasteiger partial charge in [0, 0.05) is 0 Å². The third kappa shape index (κ3) is 3.07. The van der Waals surface area contributed by atoms with Gasteiger partial charge in [-0.05, 0) is 35.4 Å². The predicted molar refractivity (Wildman–Crippen MR) is 76.7 cm³/mol. The number of rotatable bonds is 4. The van der Waals surface area contributed by atoms with Crippen molar-refractivity contribution in [1.29, 1.82) is 0 Å². The van der Waals surface area contributed by atoms with Crippen LogP contribution < -0.4 is 9.47 Å². The highest BCUT2D eigenvalue weighted by Crippen LogP contribution is 2.36. The fourth-order valence-electron chi connectivity index (χ4n) is 1.87. The molecule has 0 aliphatic carbocycles. The summed E-state index contributed by atoms with van der Waals surface area (Å²) >= 11 is 3.58. The molecule has 0 aliphatic rings. The Kier molecular flexibility index (Phi) is 4.43. The van der Waals surface area contributed by atoms with Gasteiger partial charge in [-0.15, -0.1) is 0 Å². The van der Waals surface area contributed by atoms with Gasteiger partial charge in [-0.2, -0.15) is 0 Å². The normalized spacial score (nSPS) is 12.0. The molecule has 1 atom stereocenters. The minimum Gasteiger partial charge on any atom is -0.493 e. The van der Waals surface area contributed by atoms with Crippen molar-refractivity contribution in [1.82, 2.24) is 0 Å². The van der Waals surface area contributed by atoms with Gasteiger partial charge in [0.25, 0.3) is 0 Å². The fraction of sp³-hybridized carbons (Fsp3) is 0.200. The summed E-state index contributed by atoms with van der Waals surface area (Å²) in [5.41, 5.74) is 1.83. The monoisotopic (exact) mass is 324 g/mol. The zero-order valence-corrected chi connectivity index (χ0v) is 12.3. The SMILES string of the molecule is COc1ccc(C(Br)c2cccc(F)c2)cc1OC. The molecular formula is C15H14BrFO2. The molecule has 0 spiro atoms. The molecule has 0 bridgehead atoms. The molecule has 100 valence electrons. The second-order valence-corrected chi connectivity index (χ2v) is 4.95. The predicted octanol–water partition coefficient (Wildman–Crippen LogP) is 4.33. The van der Waals surface area contributed by atoms with Gasteiger partial charge in [0.15, 0.2) is 11.5 Å². The van der Waals surface area contributed by atoms with Crippen LogP contribution in [0, 0.1) is 5.82 Å². The van der Waals surface area contributed by atoms with Crippen LogP contribution in [0.15, 0.2) is 42.5 Å². The molecule has 0 N–H and O–H groups in total. The van der Waals surface area contributed by atoms with E-state index in [1.165, 1.54) is 12.1 Å². The third-order valence-electron chi connectivity index (χ3n) is 2.84. The van der Waals surface area contributed by atoms with E-state index in [2.05, 4.69) is 15.9 Å². The molecule has 0 aliphatic heterocycles. The molecule has 0 saturated carbocycles. The van der Waals surface area contributed by atoms with E-state index < -0.39 is 0 Å². The fourth-order valence-corrected chi connectivity index (χ4v) is 2.44. The van der Waals surface area contributed by atoms with Crippen molar-refractivity contribution in [2.75, 3.05) is 14.2 Å². The first-order chi connectivity index (χ1) is 9.15. The molecular weight excluding hydrogens is 311 g/mol. The largest absolute Gasteiger partial charge is 0.493 e. The average Bonchev–Trinajstić information content (AvgIpc) is 2.45. The lowest BCUT2D eigenvalue weighted by molar-refractivity contribution is 0.354. The number of ether oxygens (including phenoxy) is 2. The van der Waals surface area contributed by atoms with Crippen molar-refractivity contribution in [2.45, 2.75) is 4.83 Å². The number of alkyl halides is 1. The molecule has 2 aromatic carbocycles. The van der Waals surface area contributed by atoms with Crippen LogP contribution in [0.4, 0.5) is 4.39 Å². The van der Waals surface area contributed by atoms with E-state index in [0.717, 1.165) is 11.1 Å². The van der Waals surface area contributed by atoms with Crippen molar-refractivity contribution in [3.05, 3.63) is 59.4 Å². The van der Waals surface area contributed by atoms with E-state index >= 15 is 0 Å². The second kappa shape index (κ2) is 6.06. The van der Waals surface area contributed by atoms with Crippen LogP contribution in [0.3, 0.4) is 0 Å². The summed E-state index contributed by atoms with van der Waals surface area (Å²) in [7, 11) is 3.18. The smallest absolute Gasteiger partial charge is 0.161 e. The van der Waals surface area contributed by atoms with E-state index in [1.54, 1.807) is 20.3 Å². The molecule has 0 aromatic heterocycles. The van der Waals surface area contributed by atoms with Crippen molar-refractivity contribution in [3.8, 4) is 11.5 Å². The summed E-state index contributed by atoms with van der Waals surface area (Å²) in [6, 6.07) is 12.1. The Balaban J connectivity index is 2.36. The Hall–Kier alpha value is -1.55. The van der Waals surface area contributed by atoms with E-state index in [-0.39, 0.29) is 10.6 Å². The minimum absolute atomic E-state index is 0.0944. The number of halogens is 2. The topological polar surface area (TPSA) is 18.5 Å². The maximum atomic E-state index is 13.2. The van der Waals surface area contributed by atoms with Gasteiger partial charge in [0.1, 0.15) is 5.82 Å². The summed E-state index contributed by atoms with van der Waals surface area (Å²) in [4.78, 5) is -0.0944. The van der Waals surface area contributed by atoms with Gasteiger partial charge in [-0.25, -0.2) is 4.39 Å². The van der Waals surface area contributed by atoms with Crippen molar-refractivity contribution in [3.63, 3.8) is 0 Å². The zero-order valence-electron chi connectivity index (χ0n) is 10.7. The van der Waals surface area contributed by atoms with Crippen molar-refractivity contribution >= 4 is 15.9 Å². The molecule has 0 fully saturated rings. The molecule has 4 heteroatoms. The minimum atomic E-state index is -0.248. The summed E-state index contributed by atoms with van der Waals surface area (Å²) in [6.07, 6.45) is 0. The van der Waals surface area contributed by atoms with Crippen LogP contribution in [0.1, 0.15) is 16.0 Å². The van der Waals surface area contributed by atoms with Gasteiger partial charge in [-0.3, -0.25) is 0 Å². The summed E-state index contributed by atoms with van der Waals surface area (Å²) in [5, 5.41) is 0. The number of hydrogen-bond acceptors (Lipinski definition) is 2. The Bertz CT molecular complexity index is 572. The van der Waals surface area contributed by atoms with Crippen molar-refractivity contribution < 1.29 is 13.9 Å². The first kappa shape index (κ1) is 13.9. The molecule has 0 radical (unpaired) electrons. The summed E-state index contributed by atoms with van der Waals surface area (Å²) < 4.78 is 23.7. The Morgan fingerprint density at radius 2 is 1.63 bits per heavy atom. The highest BCUT2D eigenvalue weighted by Gasteiger charge is 2.14. The van der Waals surface area contributed by atoms with E-state index in [9.17, 15) is 4.39 Å². The number of methoxy groups -OCH3 is 2. The molecule has 0 heterocycles. The molecule has 0 amide bonds. The number of benzene rings is 2. The Labute approximate surface area is 120 Å². The maximum absolute atomic E-state index is 13.2. The van der Waals surface area contributed by atoms with Crippen LogP contribution in [-0.2, 0) is 0 Å². The highest BCUT2D eigenvalue weighted by atomic mass is 79.9. The molecule has 1 unspecified atom stereocenters. The number of hydrogen-bond donors (Lipinski definition) is 0. The Morgan fingerprint density at radius 3 is 2.26 bits per heavy atom. The van der Waals surface area contributed by atoms with E-state index in [1.807, 2.05) is 24.3 Å². The third-order valence-corrected chi connectivity index (χ3v) is 3.90. The average molecular weight is 325 g/mol. The van der Waals surface area contributed by atoms with Crippen molar-refractivity contribution in [2.24, 2.45) is 0 Å². The van der Waals surface area contributed by atoms with Crippen LogP contribution in [0.5, 0.6) is 11.5 Å². The maximum Gasteiger partial charge on any atom is 0.161 e. The Morgan fingerprint density at radius 1 is 0.947 bits per heavy atom. The van der Waals surface area contributed by atoms with Crippen LogP contribution >= 0.6 is 15.9 Å². The van der Waals surface area contributed by atoms with Gasteiger partial charge in [-0.1, -0.05) is 34.1 Å². The van der Waals surface area contributed by atoms with E-state index in [0.29, 0.717) is 11.5 Å². The summed E-state index contributed by atoms with van der Waals surface area (Å²) in [6.45, 7) is 0. The molecule has 19 heavy (non-hydrogen) atoms. The lowest BCUT2D eigenvalue weighted by atomic mass is 10.0. The highest BCUT2D eigenvalue weighted by molar-refractivity contribution is 9.09. The van der Waals surface area contributed by atoms with Crippen LogP contribution in [0.2, 0.25) is 0 Å². The summed E-state index contributed by atoms with van der Waals surface area (Å²) in [5.74, 6) is 1.08. The molecule has 2 nitrogen and oxygen atoms in total. The first-order valence-electron chi connectivity index (χ1n) is 5.77. The first-order valence-corrected chi connectivity index (χ1v) is 6.68. The zero-order chi connectivity index (χ0) is 13.8. The molecule has 2 rings (SSSR count). The second-order valence-electron chi connectivity index (χ2n) is 4.03. The van der Waals surface area contributed by atoms with Gasteiger partial charge in [0.2, 0.25) is 0 Å².